The molecule has 3 atom stereocenters. The van der Waals surface area contributed by atoms with E-state index in [0.717, 1.165) is 22.8 Å². The largest absolute Gasteiger partial charge is 0.271 e. The number of hydrazine groups is 1. The highest BCUT2D eigenvalue weighted by atomic mass is 35.5. The first-order valence-corrected chi connectivity index (χ1v) is 8.89. The summed E-state index contributed by atoms with van der Waals surface area (Å²) in [6, 6.07) is 0.222. The van der Waals surface area contributed by atoms with Gasteiger partial charge in [-0.05, 0) is 6.92 Å². The van der Waals surface area contributed by atoms with Crippen LogP contribution in [0.15, 0.2) is 0 Å². The molecule has 19 heavy (non-hydrogen) atoms. The molecule has 7 heteroatoms. The summed E-state index contributed by atoms with van der Waals surface area (Å²) in [6.07, 6.45) is 0.815. The summed E-state index contributed by atoms with van der Waals surface area (Å²) < 4.78 is 1.87. The maximum absolute atomic E-state index is 6.33. The third-order valence-corrected chi connectivity index (χ3v) is 7.27. The molecule has 1 fully saturated rings. The number of rotatable bonds is 4. The lowest BCUT2D eigenvalue weighted by Gasteiger charge is -2.34. The lowest BCUT2D eigenvalue weighted by atomic mass is 10.1. The standard InChI is InChI=1S/C12H21ClN4S2/c1-7-11(13)10(17(3)16-7)6-9(15-14)12-8(2)18-4-5-19-12/h8-9,12,15H,4-6,14H2,1-3H3. The molecule has 1 aliphatic rings. The van der Waals surface area contributed by atoms with Gasteiger partial charge in [-0.1, -0.05) is 18.5 Å². The predicted octanol–water partition coefficient (Wildman–Crippen LogP) is 1.99. The molecule has 3 unspecified atom stereocenters. The van der Waals surface area contributed by atoms with Crippen LogP contribution in [0.4, 0.5) is 0 Å². The van der Waals surface area contributed by atoms with Crippen molar-refractivity contribution in [3.05, 3.63) is 16.4 Å². The fraction of sp³-hybridized carbons (Fsp3) is 0.750. The number of aryl methyl sites for hydroxylation is 2. The van der Waals surface area contributed by atoms with Crippen LogP contribution in [0.5, 0.6) is 0 Å². The van der Waals surface area contributed by atoms with E-state index in [9.17, 15) is 0 Å². The predicted molar refractivity (Wildman–Crippen MR) is 85.9 cm³/mol. The lowest BCUT2D eigenvalue weighted by molar-refractivity contribution is 0.487. The summed E-state index contributed by atoms with van der Waals surface area (Å²) in [7, 11) is 1.94. The molecule has 0 amide bonds. The Morgan fingerprint density at radius 3 is 2.74 bits per heavy atom. The van der Waals surface area contributed by atoms with Gasteiger partial charge >= 0.3 is 0 Å². The zero-order valence-electron chi connectivity index (χ0n) is 11.5. The van der Waals surface area contributed by atoms with Gasteiger partial charge < -0.3 is 0 Å². The first kappa shape index (κ1) is 15.5. The molecule has 2 heterocycles. The van der Waals surface area contributed by atoms with E-state index in [-0.39, 0.29) is 6.04 Å². The van der Waals surface area contributed by atoms with E-state index in [1.807, 2.05) is 42.2 Å². The number of nitrogens with two attached hydrogens (primary N) is 1. The molecule has 4 nitrogen and oxygen atoms in total. The first-order chi connectivity index (χ1) is 9.04. The summed E-state index contributed by atoms with van der Waals surface area (Å²) in [6.45, 7) is 4.21. The molecule has 1 aliphatic heterocycles. The molecule has 1 saturated heterocycles. The fourth-order valence-electron chi connectivity index (χ4n) is 2.47. The molecule has 0 radical (unpaired) electrons. The minimum Gasteiger partial charge on any atom is -0.271 e. The molecule has 0 saturated carbocycles. The van der Waals surface area contributed by atoms with Gasteiger partial charge in [0, 0.05) is 41.5 Å². The van der Waals surface area contributed by atoms with Gasteiger partial charge in [0.2, 0.25) is 0 Å². The van der Waals surface area contributed by atoms with Crippen molar-refractivity contribution in [2.75, 3.05) is 11.5 Å². The van der Waals surface area contributed by atoms with Crippen molar-refractivity contribution in [3.63, 3.8) is 0 Å². The van der Waals surface area contributed by atoms with E-state index in [1.54, 1.807) is 0 Å². The topological polar surface area (TPSA) is 55.9 Å². The average molecular weight is 321 g/mol. The van der Waals surface area contributed by atoms with E-state index in [4.69, 9.17) is 17.4 Å². The molecule has 0 bridgehead atoms. The summed E-state index contributed by atoms with van der Waals surface area (Å²) in [4.78, 5) is 0. The van der Waals surface area contributed by atoms with Gasteiger partial charge in [-0.25, -0.2) is 0 Å². The van der Waals surface area contributed by atoms with Crippen molar-refractivity contribution in [1.82, 2.24) is 15.2 Å². The molecular formula is C12H21ClN4S2. The van der Waals surface area contributed by atoms with Crippen LogP contribution in [0.2, 0.25) is 5.02 Å². The van der Waals surface area contributed by atoms with E-state index >= 15 is 0 Å². The summed E-state index contributed by atoms with van der Waals surface area (Å²) in [5, 5.41) is 6.25. The van der Waals surface area contributed by atoms with Crippen LogP contribution >= 0.6 is 35.1 Å². The monoisotopic (exact) mass is 320 g/mol. The second kappa shape index (κ2) is 6.72. The Hall–Kier alpha value is 0.120. The maximum atomic E-state index is 6.33. The number of hydrogen-bond donors (Lipinski definition) is 2. The van der Waals surface area contributed by atoms with Crippen LogP contribution in [-0.2, 0) is 13.5 Å². The lowest BCUT2D eigenvalue weighted by Crippen LogP contribution is -2.49. The van der Waals surface area contributed by atoms with Crippen molar-refractivity contribution in [2.45, 2.75) is 36.8 Å². The zero-order valence-corrected chi connectivity index (χ0v) is 13.9. The van der Waals surface area contributed by atoms with Crippen LogP contribution in [0.1, 0.15) is 18.3 Å². The quantitative estimate of drug-likeness (QED) is 0.656. The molecule has 108 valence electrons. The second-order valence-electron chi connectivity index (χ2n) is 4.86. The molecule has 0 aromatic carbocycles. The van der Waals surface area contributed by atoms with Gasteiger partial charge in [-0.3, -0.25) is 16.0 Å². The Labute approximate surface area is 128 Å². The van der Waals surface area contributed by atoms with Gasteiger partial charge in [-0.2, -0.15) is 28.6 Å². The number of halogens is 1. The van der Waals surface area contributed by atoms with Gasteiger partial charge in [0.15, 0.2) is 0 Å². The van der Waals surface area contributed by atoms with Crippen LogP contribution in [0, 0.1) is 6.92 Å². The summed E-state index contributed by atoms with van der Waals surface area (Å²) in [5.41, 5.74) is 4.92. The Morgan fingerprint density at radius 1 is 1.53 bits per heavy atom. The highest BCUT2D eigenvalue weighted by Crippen LogP contribution is 2.34. The zero-order chi connectivity index (χ0) is 14.0. The van der Waals surface area contributed by atoms with Gasteiger partial charge in [0.1, 0.15) is 0 Å². The number of aromatic nitrogens is 2. The molecule has 3 N–H and O–H groups in total. The van der Waals surface area contributed by atoms with Crippen LogP contribution < -0.4 is 11.3 Å². The van der Waals surface area contributed by atoms with Crippen molar-refractivity contribution >= 4 is 35.1 Å². The minimum atomic E-state index is 0.222. The average Bonchev–Trinajstić information content (AvgIpc) is 2.63. The number of nitrogens with zero attached hydrogens (tertiary/aromatic N) is 2. The fourth-order valence-corrected chi connectivity index (χ4v) is 5.65. The van der Waals surface area contributed by atoms with E-state index in [2.05, 4.69) is 17.4 Å². The molecule has 0 aliphatic carbocycles. The Morgan fingerprint density at radius 2 is 2.21 bits per heavy atom. The van der Waals surface area contributed by atoms with Crippen molar-refractivity contribution < 1.29 is 0 Å². The third-order valence-electron chi connectivity index (χ3n) is 3.52. The normalized spacial score (nSPS) is 25.5. The van der Waals surface area contributed by atoms with Gasteiger partial charge in [0.05, 0.1) is 16.4 Å². The molecule has 2 rings (SSSR count). The highest BCUT2D eigenvalue weighted by molar-refractivity contribution is 8.07. The summed E-state index contributed by atoms with van der Waals surface area (Å²) >= 11 is 10.4. The Bertz CT molecular complexity index is 438. The van der Waals surface area contributed by atoms with E-state index in [0.29, 0.717) is 10.5 Å². The van der Waals surface area contributed by atoms with E-state index < -0.39 is 0 Å². The van der Waals surface area contributed by atoms with Crippen LogP contribution in [0.3, 0.4) is 0 Å². The van der Waals surface area contributed by atoms with Crippen LogP contribution in [0.25, 0.3) is 0 Å². The van der Waals surface area contributed by atoms with Gasteiger partial charge in [-0.15, -0.1) is 0 Å². The first-order valence-electron chi connectivity index (χ1n) is 6.42. The number of hydrogen-bond acceptors (Lipinski definition) is 5. The maximum Gasteiger partial charge on any atom is 0.0847 e. The third kappa shape index (κ3) is 3.42. The number of thioether (sulfide) groups is 2. The van der Waals surface area contributed by atoms with Crippen LogP contribution in [-0.4, -0.2) is 37.8 Å². The molecule has 1 aromatic rings. The molecule has 0 spiro atoms. The SMILES string of the molecule is Cc1nn(C)c(CC(NN)C2SCCSC2C)c1Cl. The minimum absolute atomic E-state index is 0.222. The van der Waals surface area contributed by atoms with E-state index in [1.165, 1.54) is 11.5 Å². The molecular weight excluding hydrogens is 300 g/mol. The van der Waals surface area contributed by atoms with Crippen molar-refractivity contribution in [3.8, 4) is 0 Å². The molecule has 1 aromatic heterocycles. The highest BCUT2D eigenvalue weighted by Gasteiger charge is 2.31. The Kier molecular flexibility index (Phi) is 5.48. The number of nitrogens with one attached hydrogen (secondary N) is 1. The van der Waals surface area contributed by atoms with Crippen molar-refractivity contribution in [1.29, 1.82) is 0 Å². The second-order valence-corrected chi connectivity index (χ2v) is 8.01. The van der Waals surface area contributed by atoms with Gasteiger partial charge in [0.25, 0.3) is 0 Å². The Balaban J connectivity index is 2.14. The summed E-state index contributed by atoms with van der Waals surface area (Å²) in [5.74, 6) is 8.19. The smallest absolute Gasteiger partial charge is 0.0847 e. The van der Waals surface area contributed by atoms with Crippen molar-refractivity contribution in [2.24, 2.45) is 12.9 Å².